The van der Waals surface area contributed by atoms with Gasteiger partial charge in [0.2, 0.25) is 0 Å². The van der Waals surface area contributed by atoms with Gasteiger partial charge >= 0.3 is 0 Å². The summed E-state index contributed by atoms with van der Waals surface area (Å²) in [6, 6.07) is 4.46. The van der Waals surface area contributed by atoms with E-state index < -0.39 is 32.4 Å². The molecule has 0 atom stereocenters. The molecule has 1 aromatic carbocycles. The largest absolute Gasteiger partial charge is 0.396 e. The lowest BCUT2D eigenvalue weighted by atomic mass is 10.2. The van der Waals surface area contributed by atoms with Crippen LogP contribution in [0.3, 0.4) is 0 Å². The van der Waals surface area contributed by atoms with Gasteiger partial charge in [-0.3, -0.25) is 4.72 Å². The van der Waals surface area contributed by atoms with E-state index in [1.807, 2.05) is 4.72 Å². The Morgan fingerprint density at radius 3 is 2.60 bits per heavy atom. The topological polar surface area (TPSA) is 85.1 Å². The first-order chi connectivity index (χ1) is 9.31. The van der Waals surface area contributed by atoms with Gasteiger partial charge in [-0.2, -0.15) is 8.42 Å². The van der Waals surface area contributed by atoms with E-state index in [1.165, 1.54) is 25.3 Å². The Hall–Kier alpha value is -2.22. The van der Waals surface area contributed by atoms with Gasteiger partial charge in [0, 0.05) is 12.3 Å². The monoisotopic (exact) mass is 299 g/mol. The zero-order chi connectivity index (χ0) is 14.9. The van der Waals surface area contributed by atoms with Gasteiger partial charge in [0.25, 0.3) is 10.0 Å². The van der Waals surface area contributed by atoms with Crippen LogP contribution < -0.4 is 10.5 Å². The molecule has 0 amide bonds. The molecular formula is C12H11F2N3O2S. The molecule has 20 heavy (non-hydrogen) atoms. The maximum Gasteiger partial charge on any atom is 0.281 e. The summed E-state index contributed by atoms with van der Waals surface area (Å²) in [4.78, 5) is 3.62. The smallest absolute Gasteiger partial charge is 0.281 e. The van der Waals surface area contributed by atoms with E-state index in [2.05, 4.69) is 4.98 Å². The van der Waals surface area contributed by atoms with Crippen LogP contribution in [0.2, 0.25) is 0 Å². The van der Waals surface area contributed by atoms with Crippen LogP contribution in [0.15, 0.2) is 35.5 Å². The number of aryl methyl sites for hydroxylation is 1. The summed E-state index contributed by atoms with van der Waals surface area (Å²) < 4.78 is 53.0. The van der Waals surface area contributed by atoms with E-state index in [1.54, 1.807) is 0 Å². The molecule has 0 fully saturated rings. The molecule has 2 rings (SSSR count). The highest BCUT2D eigenvalue weighted by Gasteiger charge is 2.21. The molecule has 0 bridgehead atoms. The van der Waals surface area contributed by atoms with Crippen LogP contribution in [0.4, 0.5) is 20.2 Å². The van der Waals surface area contributed by atoms with Crippen LogP contribution in [-0.4, -0.2) is 13.4 Å². The predicted molar refractivity (Wildman–Crippen MR) is 70.6 cm³/mol. The number of nitrogens with zero attached hydrogens (tertiary/aromatic N) is 1. The maximum absolute atomic E-state index is 13.6. The number of aromatic nitrogens is 1. The number of hydrogen-bond acceptors (Lipinski definition) is 4. The Morgan fingerprint density at radius 1 is 1.25 bits per heavy atom. The Morgan fingerprint density at radius 2 is 1.95 bits per heavy atom. The Kier molecular flexibility index (Phi) is 3.58. The normalized spacial score (nSPS) is 11.3. The molecule has 0 radical (unpaired) electrons. The fourth-order valence-electron chi connectivity index (χ4n) is 1.55. The maximum atomic E-state index is 13.6. The average molecular weight is 299 g/mol. The quantitative estimate of drug-likeness (QED) is 0.908. The van der Waals surface area contributed by atoms with Crippen LogP contribution in [-0.2, 0) is 10.0 Å². The van der Waals surface area contributed by atoms with Crippen LogP contribution in [0, 0.1) is 18.6 Å². The molecule has 0 aliphatic rings. The van der Waals surface area contributed by atoms with Crippen molar-refractivity contribution in [2.45, 2.75) is 11.9 Å². The third-order valence-corrected chi connectivity index (χ3v) is 3.89. The fraction of sp³-hybridized carbons (Fsp3) is 0.0833. The molecule has 1 heterocycles. The van der Waals surface area contributed by atoms with E-state index in [0.717, 1.165) is 12.1 Å². The second-order valence-corrected chi connectivity index (χ2v) is 5.68. The van der Waals surface area contributed by atoms with Crippen molar-refractivity contribution in [3.05, 3.63) is 47.7 Å². The van der Waals surface area contributed by atoms with Gasteiger partial charge in [0.15, 0.2) is 5.03 Å². The number of nitrogens with two attached hydrogens (primary N) is 1. The lowest BCUT2D eigenvalue weighted by molar-refractivity contribution is 0.589. The van der Waals surface area contributed by atoms with Gasteiger partial charge < -0.3 is 5.73 Å². The van der Waals surface area contributed by atoms with Crippen LogP contribution in [0.25, 0.3) is 0 Å². The minimum Gasteiger partial charge on any atom is -0.396 e. The molecule has 0 saturated heterocycles. The Bertz CT molecular complexity index is 763. The lowest BCUT2D eigenvalue weighted by Gasteiger charge is -2.10. The number of sulfonamides is 1. The number of hydrogen-bond donors (Lipinski definition) is 2. The van der Waals surface area contributed by atoms with E-state index in [9.17, 15) is 17.2 Å². The first-order valence-corrected chi connectivity index (χ1v) is 6.98. The highest BCUT2D eigenvalue weighted by Crippen LogP contribution is 2.23. The highest BCUT2D eigenvalue weighted by molar-refractivity contribution is 7.92. The average Bonchev–Trinajstić information content (AvgIpc) is 2.36. The fourth-order valence-corrected chi connectivity index (χ4v) is 2.67. The van der Waals surface area contributed by atoms with Crippen LogP contribution >= 0.6 is 0 Å². The summed E-state index contributed by atoms with van der Waals surface area (Å²) in [5.74, 6) is -1.61. The van der Waals surface area contributed by atoms with Crippen molar-refractivity contribution in [1.82, 2.24) is 4.98 Å². The molecule has 8 heteroatoms. The van der Waals surface area contributed by atoms with Gasteiger partial charge in [-0.25, -0.2) is 13.8 Å². The minimum atomic E-state index is -4.19. The summed E-state index contributed by atoms with van der Waals surface area (Å²) in [5.41, 5.74) is 4.98. The summed E-state index contributed by atoms with van der Waals surface area (Å²) in [5, 5.41) is -0.444. The molecule has 2 aromatic rings. The van der Waals surface area contributed by atoms with Gasteiger partial charge in [0.1, 0.15) is 11.6 Å². The molecule has 106 valence electrons. The Labute approximate surface area is 114 Å². The first kappa shape index (κ1) is 14.2. The van der Waals surface area contributed by atoms with Crippen LogP contribution in [0.1, 0.15) is 5.56 Å². The molecule has 0 aliphatic heterocycles. The molecule has 0 unspecified atom stereocenters. The van der Waals surface area contributed by atoms with Crippen molar-refractivity contribution in [2.24, 2.45) is 0 Å². The van der Waals surface area contributed by atoms with Gasteiger partial charge in [-0.1, -0.05) is 0 Å². The predicted octanol–water partition coefficient (Wildman–Crippen LogP) is 2.05. The number of nitrogens with one attached hydrogen (secondary N) is 1. The lowest BCUT2D eigenvalue weighted by Crippen LogP contribution is -2.17. The standard InChI is InChI=1S/C12H11F2N3O2S/c1-7-5-9(14)11(6-8(7)13)17-20(18,19)12-10(15)3-2-4-16-12/h2-6,17H,15H2,1H3. The van der Waals surface area contributed by atoms with E-state index in [0.29, 0.717) is 0 Å². The van der Waals surface area contributed by atoms with E-state index in [4.69, 9.17) is 5.73 Å². The molecule has 0 aliphatic carbocycles. The number of rotatable bonds is 3. The van der Waals surface area contributed by atoms with Crippen molar-refractivity contribution >= 4 is 21.4 Å². The minimum absolute atomic E-state index is 0.0720. The molecule has 0 spiro atoms. The molecule has 1 aromatic heterocycles. The van der Waals surface area contributed by atoms with Crippen molar-refractivity contribution in [2.75, 3.05) is 10.5 Å². The van der Waals surface area contributed by atoms with Crippen molar-refractivity contribution < 1.29 is 17.2 Å². The van der Waals surface area contributed by atoms with Crippen LogP contribution in [0.5, 0.6) is 0 Å². The van der Waals surface area contributed by atoms with Crippen molar-refractivity contribution in [3.8, 4) is 0 Å². The van der Waals surface area contributed by atoms with Gasteiger partial charge in [-0.05, 0) is 30.7 Å². The SMILES string of the molecule is Cc1cc(F)c(NS(=O)(=O)c2ncccc2N)cc1F. The number of benzene rings is 1. The number of pyridine rings is 1. The zero-order valence-corrected chi connectivity index (χ0v) is 11.2. The zero-order valence-electron chi connectivity index (χ0n) is 10.4. The Balaban J connectivity index is 2.44. The van der Waals surface area contributed by atoms with Gasteiger partial charge in [0.05, 0.1) is 11.4 Å². The molecular weight excluding hydrogens is 288 g/mol. The van der Waals surface area contributed by atoms with Crippen molar-refractivity contribution in [1.29, 1.82) is 0 Å². The summed E-state index contributed by atoms with van der Waals surface area (Å²) in [6.45, 7) is 1.37. The first-order valence-electron chi connectivity index (χ1n) is 5.50. The molecule has 0 saturated carbocycles. The third kappa shape index (κ3) is 2.69. The van der Waals surface area contributed by atoms with Gasteiger partial charge in [-0.15, -0.1) is 0 Å². The van der Waals surface area contributed by atoms with E-state index in [-0.39, 0.29) is 11.3 Å². The van der Waals surface area contributed by atoms with Crippen molar-refractivity contribution in [3.63, 3.8) is 0 Å². The number of anilines is 2. The highest BCUT2D eigenvalue weighted by atomic mass is 32.2. The number of halogens is 2. The van der Waals surface area contributed by atoms with E-state index >= 15 is 0 Å². The summed E-state index contributed by atoms with van der Waals surface area (Å²) >= 11 is 0. The number of nitrogen functional groups attached to an aromatic ring is 1. The third-order valence-electron chi connectivity index (χ3n) is 2.55. The second-order valence-electron chi connectivity index (χ2n) is 4.08. The molecule has 3 N–H and O–H groups in total. The second kappa shape index (κ2) is 5.04. The summed E-state index contributed by atoms with van der Waals surface area (Å²) in [6.07, 6.45) is 1.23. The molecule has 5 nitrogen and oxygen atoms in total. The summed E-state index contributed by atoms with van der Waals surface area (Å²) in [7, 11) is -4.19.